The van der Waals surface area contributed by atoms with Gasteiger partial charge in [-0.2, -0.15) is 0 Å². The Hall–Kier alpha value is -1.64. The van der Waals surface area contributed by atoms with Crippen molar-refractivity contribution in [3.8, 4) is 0 Å². The van der Waals surface area contributed by atoms with Crippen LogP contribution >= 0.6 is 0 Å². The number of amides is 1. The van der Waals surface area contributed by atoms with Crippen LogP contribution in [0.3, 0.4) is 0 Å². The number of rotatable bonds is 2. The maximum absolute atomic E-state index is 12.5. The Kier molecular flexibility index (Phi) is 2.80. The molecule has 0 N–H and O–H groups in total. The molecule has 68 valence electrons. The molecule has 0 aliphatic heterocycles. The highest BCUT2D eigenvalue weighted by molar-refractivity contribution is 6.00. The number of carbonyl (C=O) groups excluding carboxylic acids is 1. The van der Waals surface area contributed by atoms with Crippen LogP contribution in [0.2, 0.25) is 0 Å². The summed E-state index contributed by atoms with van der Waals surface area (Å²) in [5.41, 5.74) is 0.645. The summed E-state index contributed by atoms with van der Waals surface area (Å²) < 4.78 is 12.5. The van der Waals surface area contributed by atoms with Gasteiger partial charge in [-0.25, -0.2) is 4.39 Å². The second kappa shape index (κ2) is 3.85. The molecule has 3 heteroatoms. The van der Waals surface area contributed by atoms with Crippen molar-refractivity contribution in [3.05, 3.63) is 42.7 Å². The van der Waals surface area contributed by atoms with Gasteiger partial charge in [-0.1, -0.05) is 6.58 Å². The molecule has 13 heavy (non-hydrogen) atoms. The molecule has 0 radical (unpaired) electrons. The molecule has 0 saturated heterocycles. The van der Waals surface area contributed by atoms with Crippen molar-refractivity contribution < 1.29 is 9.18 Å². The Morgan fingerprint density at radius 3 is 2.46 bits per heavy atom. The van der Waals surface area contributed by atoms with Crippen LogP contribution in [0.25, 0.3) is 0 Å². The molecule has 0 aromatic heterocycles. The first kappa shape index (κ1) is 9.45. The first-order chi connectivity index (χ1) is 6.15. The van der Waals surface area contributed by atoms with Gasteiger partial charge in [0.1, 0.15) is 5.82 Å². The third-order valence-electron chi connectivity index (χ3n) is 1.72. The highest BCUT2D eigenvalue weighted by atomic mass is 19.1. The van der Waals surface area contributed by atoms with E-state index in [0.29, 0.717) is 5.69 Å². The fourth-order valence-corrected chi connectivity index (χ4v) is 0.929. The van der Waals surface area contributed by atoms with Crippen molar-refractivity contribution in [1.82, 2.24) is 0 Å². The molecule has 0 heterocycles. The summed E-state index contributed by atoms with van der Waals surface area (Å²) in [5.74, 6) is -0.533. The molecule has 0 bridgehead atoms. The number of hydrogen-bond donors (Lipinski definition) is 0. The minimum Gasteiger partial charge on any atom is -0.312 e. The van der Waals surface area contributed by atoms with Crippen LogP contribution < -0.4 is 4.90 Å². The fraction of sp³-hybridized carbons (Fsp3) is 0.100. The summed E-state index contributed by atoms with van der Waals surface area (Å²) in [5, 5.41) is 0. The van der Waals surface area contributed by atoms with E-state index in [1.165, 1.54) is 35.2 Å². The maximum Gasteiger partial charge on any atom is 0.250 e. The summed E-state index contributed by atoms with van der Waals surface area (Å²) in [6.07, 6.45) is 1.21. The Morgan fingerprint density at radius 1 is 1.46 bits per heavy atom. The molecule has 1 aromatic carbocycles. The molecule has 0 aliphatic rings. The van der Waals surface area contributed by atoms with Crippen LogP contribution in [0.5, 0.6) is 0 Å². The Labute approximate surface area is 76.3 Å². The van der Waals surface area contributed by atoms with Gasteiger partial charge in [0.15, 0.2) is 0 Å². The van der Waals surface area contributed by atoms with E-state index in [-0.39, 0.29) is 11.7 Å². The van der Waals surface area contributed by atoms with Gasteiger partial charge in [0.05, 0.1) is 0 Å². The third-order valence-corrected chi connectivity index (χ3v) is 1.72. The molecule has 0 atom stereocenters. The molecule has 1 rings (SSSR count). The number of hydrogen-bond acceptors (Lipinski definition) is 1. The van der Waals surface area contributed by atoms with E-state index in [2.05, 4.69) is 6.58 Å². The van der Waals surface area contributed by atoms with Crippen molar-refractivity contribution in [2.24, 2.45) is 0 Å². The number of halogens is 1. The van der Waals surface area contributed by atoms with Crippen molar-refractivity contribution >= 4 is 11.6 Å². The molecule has 0 unspecified atom stereocenters. The van der Waals surface area contributed by atoms with Crippen molar-refractivity contribution in [2.45, 2.75) is 0 Å². The molecular weight excluding hydrogens is 169 g/mol. The van der Waals surface area contributed by atoms with Gasteiger partial charge in [-0.05, 0) is 30.3 Å². The highest BCUT2D eigenvalue weighted by Crippen LogP contribution is 2.12. The second-order valence-corrected chi connectivity index (χ2v) is 2.58. The lowest BCUT2D eigenvalue weighted by Gasteiger charge is -2.14. The van der Waals surface area contributed by atoms with E-state index in [9.17, 15) is 9.18 Å². The summed E-state index contributed by atoms with van der Waals surface area (Å²) in [6.45, 7) is 3.36. The smallest absolute Gasteiger partial charge is 0.250 e. The zero-order chi connectivity index (χ0) is 9.84. The first-order valence-electron chi connectivity index (χ1n) is 3.81. The second-order valence-electron chi connectivity index (χ2n) is 2.58. The van der Waals surface area contributed by atoms with Crippen LogP contribution in [0, 0.1) is 5.82 Å². The molecule has 0 spiro atoms. The van der Waals surface area contributed by atoms with Crippen LogP contribution in [-0.2, 0) is 4.79 Å². The van der Waals surface area contributed by atoms with Gasteiger partial charge in [-0.15, -0.1) is 0 Å². The molecule has 1 aromatic rings. The minimum absolute atomic E-state index is 0.216. The molecule has 0 saturated carbocycles. The average molecular weight is 179 g/mol. The molecule has 2 nitrogen and oxygen atoms in total. The maximum atomic E-state index is 12.5. The van der Waals surface area contributed by atoms with E-state index in [1.807, 2.05) is 0 Å². The van der Waals surface area contributed by atoms with Gasteiger partial charge in [0, 0.05) is 12.7 Å². The van der Waals surface area contributed by atoms with Crippen molar-refractivity contribution in [2.75, 3.05) is 11.9 Å². The monoisotopic (exact) mass is 179 g/mol. The average Bonchev–Trinajstić information content (AvgIpc) is 2.17. The Bertz CT molecular complexity index is 318. The summed E-state index contributed by atoms with van der Waals surface area (Å²) >= 11 is 0. The fourth-order valence-electron chi connectivity index (χ4n) is 0.929. The van der Waals surface area contributed by atoms with Gasteiger partial charge in [0.25, 0.3) is 0 Å². The Morgan fingerprint density at radius 2 is 2.00 bits per heavy atom. The van der Waals surface area contributed by atoms with Gasteiger partial charge in [-0.3, -0.25) is 4.79 Å². The number of anilines is 1. The lowest BCUT2D eigenvalue weighted by Crippen LogP contribution is -2.23. The quantitative estimate of drug-likeness (QED) is 0.635. The Balaban J connectivity index is 2.89. The minimum atomic E-state index is -0.316. The zero-order valence-corrected chi connectivity index (χ0v) is 7.33. The lowest BCUT2D eigenvalue weighted by molar-refractivity contribution is -0.113. The SMILES string of the molecule is C=CC(=O)N(C)c1ccc(F)cc1. The number of nitrogens with zero attached hydrogens (tertiary/aromatic N) is 1. The summed E-state index contributed by atoms with van der Waals surface area (Å²) in [4.78, 5) is 12.5. The largest absolute Gasteiger partial charge is 0.312 e. The zero-order valence-electron chi connectivity index (χ0n) is 7.33. The van der Waals surface area contributed by atoms with E-state index < -0.39 is 0 Å². The number of benzene rings is 1. The van der Waals surface area contributed by atoms with Gasteiger partial charge >= 0.3 is 0 Å². The van der Waals surface area contributed by atoms with Crippen molar-refractivity contribution in [1.29, 1.82) is 0 Å². The standard InChI is InChI=1S/C10H10FNO/c1-3-10(13)12(2)9-6-4-8(11)5-7-9/h3-7H,1H2,2H3. The van der Waals surface area contributed by atoms with E-state index in [4.69, 9.17) is 0 Å². The normalized spacial score (nSPS) is 9.38. The van der Waals surface area contributed by atoms with Crippen molar-refractivity contribution in [3.63, 3.8) is 0 Å². The van der Waals surface area contributed by atoms with E-state index in [0.717, 1.165) is 0 Å². The molecule has 0 fully saturated rings. The molecule has 0 aliphatic carbocycles. The van der Waals surface area contributed by atoms with Gasteiger partial charge in [0.2, 0.25) is 5.91 Å². The van der Waals surface area contributed by atoms with Crippen LogP contribution in [-0.4, -0.2) is 13.0 Å². The number of carbonyl (C=O) groups is 1. The summed E-state index contributed by atoms with van der Waals surface area (Å²) in [6, 6.07) is 5.69. The number of likely N-dealkylation sites (N-methyl/N-ethyl adjacent to an activating group) is 1. The van der Waals surface area contributed by atoms with Gasteiger partial charge < -0.3 is 4.90 Å². The van der Waals surface area contributed by atoms with E-state index >= 15 is 0 Å². The third kappa shape index (κ3) is 2.15. The molecular formula is C10H10FNO. The highest BCUT2D eigenvalue weighted by Gasteiger charge is 2.05. The van der Waals surface area contributed by atoms with Crippen LogP contribution in [0.1, 0.15) is 0 Å². The molecule has 1 amide bonds. The van der Waals surface area contributed by atoms with E-state index in [1.54, 1.807) is 7.05 Å². The summed E-state index contributed by atoms with van der Waals surface area (Å²) in [7, 11) is 1.61. The lowest BCUT2D eigenvalue weighted by atomic mass is 10.3. The van der Waals surface area contributed by atoms with Crippen LogP contribution in [0.15, 0.2) is 36.9 Å². The topological polar surface area (TPSA) is 20.3 Å². The predicted molar refractivity (Wildman–Crippen MR) is 50.0 cm³/mol. The first-order valence-corrected chi connectivity index (χ1v) is 3.81. The predicted octanol–water partition coefficient (Wildman–Crippen LogP) is 1.97. The van der Waals surface area contributed by atoms with Crippen LogP contribution in [0.4, 0.5) is 10.1 Å².